The van der Waals surface area contributed by atoms with Gasteiger partial charge in [0.25, 0.3) is 0 Å². The summed E-state index contributed by atoms with van der Waals surface area (Å²) in [4.78, 5) is 10.5. The van der Waals surface area contributed by atoms with E-state index in [0.717, 1.165) is 61.3 Å². The fourth-order valence-electron chi connectivity index (χ4n) is 8.69. The lowest BCUT2D eigenvalue weighted by molar-refractivity contribution is 0.591. The van der Waals surface area contributed by atoms with Crippen molar-refractivity contribution in [2.45, 2.75) is 52.4 Å². The van der Waals surface area contributed by atoms with Crippen LogP contribution in [0.25, 0.3) is 88.9 Å². The number of fused-ring (bicyclic) bond motifs is 6. The fourth-order valence-corrected chi connectivity index (χ4v) is 8.69. The zero-order valence-electron chi connectivity index (χ0n) is 34.8. The molecule has 60 heavy (non-hydrogen) atoms. The third-order valence-electron chi connectivity index (χ3n) is 11.9. The molecule has 0 aliphatic heterocycles. The second kappa shape index (κ2) is 13.9. The molecule has 5 heteroatoms. The molecule has 0 aliphatic carbocycles. The number of nitriles is 1. The summed E-state index contributed by atoms with van der Waals surface area (Å²) in [6.07, 6.45) is 0. The Morgan fingerprint density at radius 1 is 0.433 bits per heavy atom. The van der Waals surface area contributed by atoms with Crippen molar-refractivity contribution in [1.29, 1.82) is 5.26 Å². The van der Waals surface area contributed by atoms with Gasteiger partial charge >= 0.3 is 0 Å². The Hall–Kier alpha value is -7.29. The second-order valence-corrected chi connectivity index (χ2v) is 17.9. The Labute approximate surface area is 350 Å². The molecule has 0 unspecified atom stereocenters. The van der Waals surface area contributed by atoms with E-state index < -0.39 is 0 Å². The summed E-state index contributed by atoms with van der Waals surface area (Å²) in [5.41, 5.74) is 13.3. The smallest absolute Gasteiger partial charge is 0.161 e. The molecule has 10 rings (SSSR count). The van der Waals surface area contributed by atoms with Gasteiger partial charge in [0.2, 0.25) is 0 Å². The number of nitrogens with zero attached hydrogens (tertiary/aromatic N) is 5. The monoisotopic (exact) mass is 775 g/mol. The van der Waals surface area contributed by atoms with Gasteiger partial charge in [-0.25, -0.2) is 9.97 Å². The normalized spacial score (nSPS) is 12.2. The third-order valence-corrected chi connectivity index (χ3v) is 11.9. The molecule has 3 heterocycles. The molecule has 290 valence electrons. The van der Waals surface area contributed by atoms with E-state index >= 15 is 0 Å². The molecule has 0 spiro atoms. The van der Waals surface area contributed by atoms with Gasteiger partial charge in [0.15, 0.2) is 5.82 Å². The van der Waals surface area contributed by atoms with Crippen LogP contribution < -0.4 is 0 Å². The standard InChI is InChI=1S/C55H45N5/c1-54(2,3)38-25-27-49-43(30-38)40-21-13-15-23-47(40)59(49)51-29-37(34-56)42(53-57-45(35-17-9-7-10-18-35)33-46(58-53)36-19-11-8-12-20-36)32-52(51)60-48-24-16-14-22-41(48)44-31-39(55(4,5)6)26-28-50(44)60/h7-33H,1-6H3. The lowest BCUT2D eigenvalue weighted by Gasteiger charge is -2.21. The lowest BCUT2D eigenvalue weighted by Crippen LogP contribution is -2.11. The topological polar surface area (TPSA) is 59.4 Å². The molecule has 0 fully saturated rings. The predicted molar refractivity (Wildman–Crippen MR) is 249 cm³/mol. The molecule has 0 atom stereocenters. The van der Waals surface area contributed by atoms with Gasteiger partial charge in [-0.15, -0.1) is 0 Å². The number of aromatic nitrogens is 4. The highest BCUT2D eigenvalue weighted by Crippen LogP contribution is 2.42. The number of para-hydroxylation sites is 2. The molecule has 0 aliphatic rings. The molecule has 5 nitrogen and oxygen atoms in total. The van der Waals surface area contributed by atoms with Crippen molar-refractivity contribution in [3.05, 3.63) is 180 Å². The van der Waals surface area contributed by atoms with E-state index in [0.29, 0.717) is 17.0 Å². The van der Waals surface area contributed by atoms with Crippen molar-refractivity contribution in [2.24, 2.45) is 0 Å². The van der Waals surface area contributed by atoms with Crippen LogP contribution in [0.15, 0.2) is 164 Å². The summed E-state index contributed by atoms with van der Waals surface area (Å²) in [7, 11) is 0. The largest absolute Gasteiger partial charge is 0.307 e. The van der Waals surface area contributed by atoms with Crippen molar-refractivity contribution in [3.63, 3.8) is 0 Å². The number of hydrogen-bond acceptors (Lipinski definition) is 3. The minimum atomic E-state index is -0.0311. The van der Waals surface area contributed by atoms with E-state index in [1.165, 1.54) is 27.3 Å². The molecule has 3 aromatic heterocycles. The first-order valence-electron chi connectivity index (χ1n) is 20.6. The Morgan fingerprint density at radius 2 is 0.850 bits per heavy atom. The third kappa shape index (κ3) is 6.15. The van der Waals surface area contributed by atoms with Crippen LogP contribution in [0.3, 0.4) is 0 Å². The van der Waals surface area contributed by atoms with Crippen molar-refractivity contribution >= 4 is 43.6 Å². The van der Waals surface area contributed by atoms with Crippen LogP contribution >= 0.6 is 0 Å². The Balaban J connectivity index is 1.35. The van der Waals surface area contributed by atoms with Crippen molar-refractivity contribution < 1.29 is 0 Å². The maximum atomic E-state index is 11.2. The lowest BCUT2D eigenvalue weighted by atomic mass is 9.86. The SMILES string of the molecule is CC(C)(C)c1ccc2c(c1)c1ccccc1n2-c1cc(C#N)c(-c2nc(-c3ccccc3)cc(-c3ccccc3)n2)cc1-n1c2ccccc2c2cc(C(C)(C)C)ccc21. The zero-order valence-corrected chi connectivity index (χ0v) is 34.8. The minimum Gasteiger partial charge on any atom is -0.307 e. The summed E-state index contributed by atoms with van der Waals surface area (Å²) < 4.78 is 4.72. The minimum absolute atomic E-state index is 0.0278. The van der Waals surface area contributed by atoms with Gasteiger partial charge in [0, 0.05) is 38.2 Å². The molecule has 0 saturated heterocycles. The predicted octanol–water partition coefficient (Wildman–Crippen LogP) is 14.1. The van der Waals surface area contributed by atoms with Crippen LogP contribution in [0.2, 0.25) is 0 Å². The van der Waals surface area contributed by atoms with Gasteiger partial charge in [0.1, 0.15) is 0 Å². The average molecular weight is 776 g/mol. The Bertz CT molecular complexity index is 3270. The maximum absolute atomic E-state index is 11.2. The zero-order chi connectivity index (χ0) is 41.3. The van der Waals surface area contributed by atoms with E-state index in [-0.39, 0.29) is 10.8 Å². The van der Waals surface area contributed by atoms with E-state index in [9.17, 15) is 5.26 Å². The van der Waals surface area contributed by atoms with Crippen molar-refractivity contribution in [1.82, 2.24) is 19.1 Å². The first kappa shape index (κ1) is 37.0. The number of benzene rings is 7. The number of rotatable bonds is 5. The van der Waals surface area contributed by atoms with Crippen molar-refractivity contribution in [3.8, 4) is 51.3 Å². The van der Waals surface area contributed by atoms with Crippen LogP contribution in [-0.2, 0) is 10.8 Å². The Morgan fingerprint density at radius 3 is 1.30 bits per heavy atom. The Kier molecular flexibility index (Phi) is 8.59. The van der Waals surface area contributed by atoms with Gasteiger partial charge in [0.05, 0.1) is 56.5 Å². The van der Waals surface area contributed by atoms with Crippen LogP contribution in [-0.4, -0.2) is 19.1 Å². The molecule has 0 radical (unpaired) electrons. The number of hydrogen-bond donors (Lipinski definition) is 0. The molecule has 10 aromatic rings. The highest BCUT2D eigenvalue weighted by molar-refractivity contribution is 6.12. The van der Waals surface area contributed by atoms with E-state index in [4.69, 9.17) is 9.97 Å². The van der Waals surface area contributed by atoms with Crippen molar-refractivity contribution in [2.75, 3.05) is 0 Å². The molecule has 7 aromatic carbocycles. The summed E-state index contributed by atoms with van der Waals surface area (Å²) >= 11 is 0. The van der Waals surface area contributed by atoms with E-state index in [2.05, 4.69) is 178 Å². The highest BCUT2D eigenvalue weighted by Gasteiger charge is 2.25. The van der Waals surface area contributed by atoms with Gasteiger partial charge in [-0.3, -0.25) is 0 Å². The first-order chi connectivity index (χ1) is 29.0. The molecule has 0 saturated carbocycles. The summed E-state index contributed by atoms with van der Waals surface area (Å²) in [6.45, 7) is 13.6. The summed E-state index contributed by atoms with van der Waals surface area (Å²) in [5, 5.41) is 15.9. The first-order valence-corrected chi connectivity index (χ1v) is 20.6. The molecule has 0 bridgehead atoms. The fraction of sp³-hybridized carbons (Fsp3) is 0.145. The maximum Gasteiger partial charge on any atom is 0.161 e. The molecule has 0 N–H and O–H groups in total. The van der Waals surface area contributed by atoms with Crippen LogP contribution in [0.1, 0.15) is 58.2 Å². The van der Waals surface area contributed by atoms with Gasteiger partial charge in [-0.2, -0.15) is 5.26 Å². The van der Waals surface area contributed by atoms with E-state index in [1.54, 1.807) is 0 Å². The van der Waals surface area contributed by atoms with Gasteiger partial charge < -0.3 is 9.13 Å². The molecule has 0 amide bonds. The molecular weight excluding hydrogens is 731 g/mol. The van der Waals surface area contributed by atoms with Gasteiger partial charge in [-0.05, 0) is 76.6 Å². The molecular formula is C55H45N5. The quantitative estimate of drug-likeness (QED) is 0.175. The van der Waals surface area contributed by atoms with Crippen LogP contribution in [0.4, 0.5) is 0 Å². The summed E-state index contributed by atoms with van der Waals surface area (Å²) in [5.74, 6) is 0.493. The summed E-state index contributed by atoms with van der Waals surface area (Å²) in [6, 6.07) is 60.2. The second-order valence-electron chi connectivity index (χ2n) is 17.9. The highest BCUT2D eigenvalue weighted by atomic mass is 15.1. The van der Waals surface area contributed by atoms with Crippen LogP contribution in [0.5, 0.6) is 0 Å². The van der Waals surface area contributed by atoms with Crippen LogP contribution in [0, 0.1) is 11.3 Å². The average Bonchev–Trinajstić information content (AvgIpc) is 3.78. The van der Waals surface area contributed by atoms with E-state index in [1.807, 2.05) is 42.5 Å². The van der Waals surface area contributed by atoms with Gasteiger partial charge in [-0.1, -0.05) is 151 Å².